The Morgan fingerprint density at radius 1 is 1.85 bits per heavy atom. The molecule has 0 bridgehead atoms. The molecule has 1 amide bonds. The Labute approximate surface area is 73.6 Å². The number of amides is 1. The van der Waals surface area contributed by atoms with Gasteiger partial charge in [-0.25, -0.2) is 9.18 Å². The molecule has 72 valence electrons. The van der Waals surface area contributed by atoms with Crippen LogP contribution in [-0.2, 0) is 0 Å². The van der Waals surface area contributed by atoms with Gasteiger partial charge in [-0.2, -0.15) is 0 Å². The molecule has 2 atom stereocenters. The van der Waals surface area contributed by atoms with E-state index in [4.69, 9.17) is 10.6 Å². The van der Waals surface area contributed by atoms with E-state index in [0.717, 1.165) is 4.90 Å². The summed E-state index contributed by atoms with van der Waals surface area (Å²) in [7, 11) is 0. The average Bonchev–Trinajstić information content (AvgIpc) is 2.48. The van der Waals surface area contributed by atoms with E-state index in [0.29, 0.717) is 0 Å². The van der Waals surface area contributed by atoms with Crippen molar-refractivity contribution in [1.29, 1.82) is 0 Å². The minimum absolute atomic E-state index is 0.0913. The number of carbonyl (C=O) groups is 1. The summed E-state index contributed by atoms with van der Waals surface area (Å²) in [6.45, 7) is -0.641. The van der Waals surface area contributed by atoms with Crippen LogP contribution in [0.25, 0.3) is 10.4 Å². The topological polar surface area (TPSA) is 89.3 Å². The summed E-state index contributed by atoms with van der Waals surface area (Å²) in [6, 6.07) is -1.09. The van der Waals surface area contributed by atoms with Gasteiger partial charge in [0.1, 0.15) is 6.67 Å². The highest BCUT2D eigenvalue weighted by Crippen LogP contribution is 2.20. The van der Waals surface area contributed by atoms with E-state index in [1.165, 1.54) is 0 Å². The van der Waals surface area contributed by atoms with Crippen LogP contribution in [0, 0.1) is 0 Å². The average molecular weight is 188 g/mol. The molecule has 1 aliphatic rings. The Bertz CT molecular complexity index is 253. The molecule has 0 aromatic heterocycles. The lowest BCUT2D eigenvalue weighted by molar-refractivity contribution is 0.133. The van der Waals surface area contributed by atoms with Crippen molar-refractivity contribution in [2.24, 2.45) is 5.11 Å². The summed E-state index contributed by atoms with van der Waals surface area (Å²) in [5.41, 5.74) is 8.11. The number of azide groups is 1. The van der Waals surface area contributed by atoms with Gasteiger partial charge < -0.3 is 10.0 Å². The van der Waals surface area contributed by atoms with Crippen LogP contribution in [0.15, 0.2) is 5.11 Å². The standard InChI is InChI=1S/C6H9FN4O2/c7-2-5-1-4(9-10-8)3-11(5)6(12)13/h4-5H,1-3H2,(H,12,13)/t4-,5-/m0/s1. The molecule has 0 saturated carbocycles. The van der Waals surface area contributed by atoms with E-state index in [2.05, 4.69) is 10.0 Å². The fraction of sp³-hybridized carbons (Fsp3) is 0.833. The van der Waals surface area contributed by atoms with Crippen molar-refractivity contribution in [2.75, 3.05) is 13.2 Å². The molecule has 1 fully saturated rings. The Morgan fingerprint density at radius 3 is 2.92 bits per heavy atom. The predicted molar refractivity (Wildman–Crippen MR) is 42.0 cm³/mol. The lowest BCUT2D eigenvalue weighted by Crippen LogP contribution is -2.35. The summed E-state index contributed by atoms with van der Waals surface area (Å²) < 4.78 is 12.3. The van der Waals surface area contributed by atoms with Gasteiger partial charge in [0.25, 0.3) is 0 Å². The van der Waals surface area contributed by atoms with Crippen LogP contribution >= 0.6 is 0 Å². The third kappa shape index (κ3) is 2.00. The van der Waals surface area contributed by atoms with Crippen molar-refractivity contribution in [1.82, 2.24) is 4.90 Å². The number of halogens is 1. The van der Waals surface area contributed by atoms with Crippen LogP contribution in [0.2, 0.25) is 0 Å². The van der Waals surface area contributed by atoms with Crippen LogP contribution in [0.3, 0.4) is 0 Å². The van der Waals surface area contributed by atoms with Gasteiger partial charge in [0.15, 0.2) is 0 Å². The summed E-state index contributed by atoms with van der Waals surface area (Å²) in [6.07, 6.45) is -0.898. The molecule has 1 saturated heterocycles. The molecule has 1 heterocycles. The van der Waals surface area contributed by atoms with Crippen molar-refractivity contribution < 1.29 is 14.3 Å². The minimum atomic E-state index is -1.17. The first-order valence-electron chi connectivity index (χ1n) is 3.78. The Hall–Kier alpha value is -1.49. The summed E-state index contributed by atoms with van der Waals surface area (Å²) in [4.78, 5) is 14.1. The van der Waals surface area contributed by atoms with Gasteiger partial charge in [-0.05, 0) is 12.0 Å². The first-order valence-corrected chi connectivity index (χ1v) is 3.78. The first kappa shape index (κ1) is 9.60. The molecule has 0 aromatic carbocycles. The fourth-order valence-corrected chi connectivity index (χ4v) is 1.43. The van der Waals surface area contributed by atoms with E-state index >= 15 is 0 Å². The normalized spacial score (nSPS) is 27.0. The van der Waals surface area contributed by atoms with Crippen LogP contribution in [0.5, 0.6) is 0 Å². The molecule has 0 radical (unpaired) electrons. The van der Waals surface area contributed by atoms with Crippen molar-refractivity contribution >= 4 is 6.09 Å². The van der Waals surface area contributed by atoms with Gasteiger partial charge in [-0.15, -0.1) is 0 Å². The van der Waals surface area contributed by atoms with Crippen molar-refractivity contribution in [3.05, 3.63) is 10.4 Å². The molecule has 0 spiro atoms. The summed E-state index contributed by atoms with van der Waals surface area (Å²) in [5, 5.41) is 12.0. The molecule has 1 aliphatic heterocycles. The molecule has 1 N–H and O–H groups in total. The van der Waals surface area contributed by atoms with Gasteiger partial charge in [0.2, 0.25) is 0 Å². The second-order valence-electron chi connectivity index (χ2n) is 2.84. The van der Waals surface area contributed by atoms with Gasteiger partial charge in [-0.3, -0.25) is 0 Å². The van der Waals surface area contributed by atoms with Crippen LogP contribution < -0.4 is 0 Å². The summed E-state index contributed by atoms with van der Waals surface area (Å²) in [5.74, 6) is 0. The minimum Gasteiger partial charge on any atom is -0.465 e. The molecule has 6 nitrogen and oxygen atoms in total. The molecule has 13 heavy (non-hydrogen) atoms. The van der Waals surface area contributed by atoms with E-state index in [1.807, 2.05) is 0 Å². The Kier molecular flexibility index (Phi) is 2.92. The highest BCUT2D eigenvalue weighted by atomic mass is 19.1. The molecule has 7 heteroatoms. The molecular weight excluding hydrogens is 179 g/mol. The molecule has 0 aromatic rings. The number of rotatable bonds is 2. The molecule has 0 unspecified atom stereocenters. The third-order valence-electron chi connectivity index (χ3n) is 2.03. The van der Waals surface area contributed by atoms with Crippen LogP contribution in [-0.4, -0.2) is 41.4 Å². The van der Waals surface area contributed by atoms with Crippen LogP contribution in [0.4, 0.5) is 9.18 Å². The Balaban J connectivity index is 2.66. The highest BCUT2D eigenvalue weighted by Gasteiger charge is 2.34. The van der Waals surface area contributed by atoms with Crippen molar-refractivity contribution in [3.63, 3.8) is 0 Å². The third-order valence-corrected chi connectivity index (χ3v) is 2.03. The lowest BCUT2D eigenvalue weighted by Gasteiger charge is -2.17. The largest absolute Gasteiger partial charge is 0.465 e. The van der Waals surface area contributed by atoms with Crippen LogP contribution in [0.1, 0.15) is 6.42 Å². The second-order valence-corrected chi connectivity index (χ2v) is 2.84. The van der Waals surface area contributed by atoms with Gasteiger partial charge >= 0.3 is 6.09 Å². The lowest BCUT2D eigenvalue weighted by atomic mass is 10.2. The number of hydrogen-bond donors (Lipinski definition) is 1. The molecule has 1 rings (SSSR count). The zero-order chi connectivity index (χ0) is 9.84. The predicted octanol–water partition coefficient (Wildman–Crippen LogP) is 1.39. The van der Waals surface area contributed by atoms with Gasteiger partial charge in [0.05, 0.1) is 12.1 Å². The fourth-order valence-electron chi connectivity index (χ4n) is 1.43. The number of hydrogen-bond acceptors (Lipinski definition) is 2. The number of nitrogens with zero attached hydrogens (tertiary/aromatic N) is 4. The maximum Gasteiger partial charge on any atom is 0.407 e. The SMILES string of the molecule is [N-]=[N+]=N[C@H]1C[C@@H](CF)N(C(=O)O)C1. The van der Waals surface area contributed by atoms with Crippen molar-refractivity contribution in [3.8, 4) is 0 Å². The van der Waals surface area contributed by atoms with Gasteiger partial charge in [0, 0.05) is 11.5 Å². The number of carboxylic acid groups (broad SMARTS) is 1. The maximum absolute atomic E-state index is 12.3. The summed E-state index contributed by atoms with van der Waals surface area (Å²) >= 11 is 0. The van der Waals surface area contributed by atoms with E-state index in [9.17, 15) is 9.18 Å². The maximum atomic E-state index is 12.3. The second kappa shape index (κ2) is 3.95. The monoisotopic (exact) mass is 188 g/mol. The zero-order valence-corrected chi connectivity index (χ0v) is 6.80. The van der Waals surface area contributed by atoms with E-state index < -0.39 is 24.9 Å². The van der Waals surface area contributed by atoms with Gasteiger partial charge in [-0.1, -0.05) is 5.11 Å². The van der Waals surface area contributed by atoms with Crippen molar-refractivity contribution in [2.45, 2.75) is 18.5 Å². The number of alkyl halides is 1. The van der Waals surface area contributed by atoms with E-state index in [1.54, 1.807) is 0 Å². The number of likely N-dealkylation sites (tertiary alicyclic amines) is 1. The van der Waals surface area contributed by atoms with E-state index in [-0.39, 0.29) is 13.0 Å². The zero-order valence-electron chi connectivity index (χ0n) is 6.80. The molecule has 0 aliphatic carbocycles. The smallest absolute Gasteiger partial charge is 0.407 e. The highest BCUT2D eigenvalue weighted by molar-refractivity contribution is 5.66. The Morgan fingerprint density at radius 2 is 2.54 bits per heavy atom. The first-order chi connectivity index (χ1) is 6.19. The molecular formula is C6H9FN4O2. The quantitative estimate of drug-likeness (QED) is 0.403.